The highest BCUT2D eigenvalue weighted by Crippen LogP contribution is 2.25. The van der Waals surface area contributed by atoms with Crippen LogP contribution in [0.3, 0.4) is 0 Å². The Bertz CT molecular complexity index is 1240. The third-order valence-electron chi connectivity index (χ3n) is 5.41. The normalized spacial score (nSPS) is 11.5. The Morgan fingerprint density at radius 2 is 1.54 bits per heavy atom. The van der Waals surface area contributed by atoms with Crippen LogP contribution in [0.4, 0.5) is 5.82 Å². The molecule has 0 bridgehead atoms. The summed E-state index contributed by atoms with van der Waals surface area (Å²) in [6.07, 6.45) is 3.76. The Morgan fingerprint density at radius 3 is 2.20 bits per heavy atom. The number of esters is 1. The highest BCUT2D eigenvalue weighted by Gasteiger charge is 2.35. The molecule has 1 amide bonds. The van der Waals surface area contributed by atoms with Gasteiger partial charge in [0.15, 0.2) is 5.92 Å². The third kappa shape index (κ3) is 6.52. The summed E-state index contributed by atoms with van der Waals surface area (Å²) in [7, 11) is 0. The maximum atomic E-state index is 13.9. The molecule has 0 radical (unpaired) electrons. The maximum Gasteiger partial charge on any atom is 0.323 e. The molecule has 0 aliphatic rings. The molecule has 7 heteroatoms. The summed E-state index contributed by atoms with van der Waals surface area (Å²) in [6.45, 7) is 0.338. The van der Waals surface area contributed by atoms with E-state index < -0.39 is 17.8 Å². The SMILES string of the molecule is O=C(OCCc1ccccc1)C(C(=O)N(Cc1ccc(Cl)nc1)c1ccccn1)c1ccccc1. The predicted octanol–water partition coefficient (Wildman–Crippen LogP) is 5.23. The largest absolute Gasteiger partial charge is 0.464 e. The highest BCUT2D eigenvalue weighted by molar-refractivity contribution is 6.29. The van der Waals surface area contributed by atoms with Crippen molar-refractivity contribution in [3.8, 4) is 0 Å². The maximum absolute atomic E-state index is 13.9. The van der Waals surface area contributed by atoms with Crippen LogP contribution in [-0.2, 0) is 27.3 Å². The van der Waals surface area contributed by atoms with Gasteiger partial charge in [0.05, 0.1) is 13.2 Å². The van der Waals surface area contributed by atoms with Crippen LogP contribution in [0, 0.1) is 0 Å². The molecule has 0 aliphatic carbocycles. The van der Waals surface area contributed by atoms with E-state index in [0.717, 1.165) is 11.1 Å². The number of carbonyl (C=O) groups is 2. The number of anilines is 1. The van der Waals surface area contributed by atoms with Gasteiger partial charge in [-0.15, -0.1) is 0 Å². The van der Waals surface area contributed by atoms with Gasteiger partial charge in [-0.3, -0.25) is 14.5 Å². The number of aromatic nitrogens is 2. The molecular weight excluding hydrogens is 462 g/mol. The van der Waals surface area contributed by atoms with Crippen LogP contribution in [0.25, 0.3) is 0 Å². The van der Waals surface area contributed by atoms with Gasteiger partial charge in [0.2, 0.25) is 5.91 Å². The van der Waals surface area contributed by atoms with Crippen molar-refractivity contribution in [3.63, 3.8) is 0 Å². The number of halogens is 1. The van der Waals surface area contributed by atoms with Crippen molar-refractivity contribution in [2.45, 2.75) is 18.9 Å². The number of nitrogens with zero attached hydrogens (tertiary/aromatic N) is 3. The molecule has 0 N–H and O–H groups in total. The van der Waals surface area contributed by atoms with E-state index in [0.29, 0.717) is 23.0 Å². The Kier molecular flexibility index (Phi) is 8.20. The van der Waals surface area contributed by atoms with Crippen LogP contribution in [0.1, 0.15) is 22.6 Å². The van der Waals surface area contributed by atoms with Crippen LogP contribution < -0.4 is 4.90 Å². The number of hydrogen-bond donors (Lipinski definition) is 0. The number of amides is 1. The van der Waals surface area contributed by atoms with Gasteiger partial charge < -0.3 is 4.74 Å². The number of carbonyl (C=O) groups excluding carboxylic acids is 2. The molecular formula is C28H24ClN3O3. The summed E-state index contributed by atoms with van der Waals surface area (Å²) in [6, 6.07) is 27.4. The van der Waals surface area contributed by atoms with Gasteiger partial charge in [-0.1, -0.05) is 84.4 Å². The number of benzene rings is 2. The van der Waals surface area contributed by atoms with Gasteiger partial charge >= 0.3 is 5.97 Å². The van der Waals surface area contributed by atoms with E-state index in [1.807, 2.05) is 36.4 Å². The second-order valence-electron chi connectivity index (χ2n) is 7.85. The fourth-order valence-corrected chi connectivity index (χ4v) is 3.76. The quantitative estimate of drug-likeness (QED) is 0.184. The molecule has 0 fully saturated rings. The number of rotatable bonds is 9. The minimum Gasteiger partial charge on any atom is -0.464 e. The smallest absolute Gasteiger partial charge is 0.323 e. The number of hydrogen-bond acceptors (Lipinski definition) is 5. The van der Waals surface area contributed by atoms with E-state index in [4.69, 9.17) is 16.3 Å². The van der Waals surface area contributed by atoms with Crippen molar-refractivity contribution in [1.29, 1.82) is 0 Å². The van der Waals surface area contributed by atoms with E-state index in [1.54, 1.807) is 67.0 Å². The van der Waals surface area contributed by atoms with Crippen molar-refractivity contribution in [2.24, 2.45) is 0 Å². The minimum absolute atomic E-state index is 0.167. The van der Waals surface area contributed by atoms with Crippen molar-refractivity contribution < 1.29 is 14.3 Å². The molecule has 6 nitrogen and oxygen atoms in total. The first-order valence-electron chi connectivity index (χ1n) is 11.2. The lowest BCUT2D eigenvalue weighted by atomic mass is 9.97. The first-order valence-corrected chi connectivity index (χ1v) is 11.6. The average Bonchev–Trinajstić information content (AvgIpc) is 2.90. The number of pyridine rings is 2. The van der Waals surface area contributed by atoms with E-state index >= 15 is 0 Å². The van der Waals surface area contributed by atoms with E-state index in [9.17, 15) is 9.59 Å². The lowest BCUT2D eigenvalue weighted by molar-refractivity contribution is -0.148. The molecule has 1 atom stereocenters. The molecule has 0 spiro atoms. The molecule has 4 aromatic rings. The predicted molar refractivity (Wildman–Crippen MR) is 135 cm³/mol. The zero-order chi connectivity index (χ0) is 24.5. The van der Waals surface area contributed by atoms with Gasteiger partial charge in [0.1, 0.15) is 11.0 Å². The summed E-state index contributed by atoms with van der Waals surface area (Å²) in [5, 5.41) is 0.355. The zero-order valence-electron chi connectivity index (χ0n) is 19.0. The highest BCUT2D eigenvalue weighted by atomic mass is 35.5. The van der Waals surface area contributed by atoms with Crippen LogP contribution >= 0.6 is 11.6 Å². The van der Waals surface area contributed by atoms with Crippen molar-refractivity contribution in [3.05, 3.63) is 125 Å². The molecule has 2 heterocycles. The fourth-order valence-electron chi connectivity index (χ4n) is 3.65. The van der Waals surface area contributed by atoms with Gasteiger partial charge in [0, 0.05) is 18.8 Å². The van der Waals surface area contributed by atoms with Crippen LogP contribution in [0.5, 0.6) is 0 Å². The third-order valence-corrected chi connectivity index (χ3v) is 5.64. The van der Waals surface area contributed by atoms with Crippen LogP contribution in [0.15, 0.2) is 103 Å². The van der Waals surface area contributed by atoms with Crippen LogP contribution in [-0.4, -0.2) is 28.5 Å². The Hall–Kier alpha value is -4.03. The van der Waals surface area contributed by atoms with E-state index in [2.05, 4.69) is 9.97 Å². The topological polar surface area (TPSA) is 72.4 Å². The average molecular weight is 486 g/mol. The Balaban J connectivity index is 1.61. The zero-order valence-corrected chi connectivity index (χ0v) is 19.7. The molecule has 2 aromatic heterocycles. The molecule has 0 saturated carbocycles. The lowest BCUT2D eigenvalue weighted by Crippen LogP contribution is -2.39. The van der Waals surface area contributed by atoms with Crippen molar-refractivity contribution in [2.75, 3.05) is 11.5 Å². The molecule has 176 valence electrons. The fraction of sp³-hybridized carbons (Fsp3) is 0.143. The summed E-state index contributed by atoms with van der Waals surface area (Å²) < 4.78 is 5.60. The second kappa shape index (κ2) is 11.9. The molecule has 4 rings (SSSR count). The minimum atomic E-state index is -1.14. The van der Waals surface area contributed by atoms with Crippen molar-refractivity contribution >= 4 is 29.3 Å². The van der Waals surface area contributed by atoms with E-state index in [-0.39, 0.29) is 13.2 Å². The van der Waals surface area contributed by atoms with Crippen LogP contribution in [0.2, 0.25) is 5.15 Å². The Labute approximate surface area is 209 Å². The summed E-state index contributed by atoms with van der Waals surface area (Å²) >= 11 is 5.93. The first-order chi connectivity index (χ1) is 17.1. The Morgan fingerprint density at radius 1 is 0.829 bits per heavy atom. The van der Waals surface area contributed by atoms with Crippen molar-refractivity contribution in [1.82, 2.24) is 9.97 Å². The molecule has 0 aliphatic heterocycles. The number of ether oxygens (including phenoxy) is 1. The monoisotopic (exact) mass is 485 g/mol. The molecule has 35 heavy (non-hydrogen) atoms. The molecule has 0 saturated heterocycles. The van der Waals surface area contributed by atoms with Gasteiger partial charge in [-0.2, -0.15) is 0 Å². The summed E-state index contributed by atoms with van der Waals surface area (Å²) in [5.74, 6) is -1.76. The van der Waals surface area contributed by atoms with Gasteiger partial charge in [-0.25, -0.2) is 9.97 Å². The van der Waals surface area contributed by atoms with E-state index in [1.165, 1.54) is 4.90 Å². The lowest BCUT2D eigenvalue weighted by Gasteiger charge is -2.26. The summed E-state index contributed by atoms with van der Waals surface area (Å²) in [5.41, 5.74) is 2.35. The summed E-state index contributed by atoms with van der Waals surface area (Å²) in [4.78, 5) is 37.2. The van der Waals surface area contributed by atoms with Gasteiger partial charge in [-0.05, 0) is 34.9 Å². The second-order valence-corrected chi connectivity index (χ2v) is 8.24. The molecule has 1 unspecified atom stereocenters. The van der Waals surface area contributed by atoms with Gasteiger partial charge in [0.25, 0.3) is 0 Å². The standard InChI is InChI=1S/C28H24ClN3O3/c29-24-15-14-22(19-31-24)20-32(25-13-7-8-17-30-25)27(33)26(23-11-5-2-6-12-23)28(34)35-18-16-21-9-3-1-4-10-21/h1-15,17,19,26H,16,18,20H2. The molecule has 2 aromatic carbocycles. The first kappa shape index (κ1) is 24.1.